The summed E-state index contributed by atoms with van der Waals surface area (Å²) in [4.78, 5) is 4.18. The van der Waals surface area contributed by atoms with Gasteiger partial charge in [-0.2, -0.15) is 0 Å². The molecule has 6 nitrogen and oxygen atoms in total. The van der Waals surface area contributed by atoms with Crippen molar-refractivity contribution in [2.24, 2.45) is 4.99 Å². The van der Waals surface area contributed by atoms with E-state index in [1.54, 1.807) is 7.05 Å². The third-order valence-electron chi connectivity index (χ3n) is 4.10. The van der Waals surface area contributed by atoms with Gasteiger partial charge < -0.3 is 15.4 Å². The molecule has 0 aliphatic carbocycles. The Hall–Kier alpha value is -2.54. The fraction of sp³-hybridized carbons (Fsp3) is 0.381. The van der Waals surface area contributed by atoms with Crippen molar-refractivity contribution in [1.82, 2.24) is 10.6 Å². The number of sulfone groups is 1. The lowest BCUT2D eigenvalue weighted by molar-refractivity contribution is 0.336. The maximum absolute atomic E-state index is 12.2. The lowest BCUT2D eigenvalue weighted by Crippen LogP contribution is -2.37. The van der Waals surface area contributed by atoms with Crippen LogP contribution in [0.5, 0.6) is 5.75 Å². The van der Waals surface area contributed by atoms with E-state index in [1.807, 2.05) is 61.5 Å². The SMILES string of the molecule is CCOc1ccccc1CNC(=NC)NCCCS(=O)(=O)Cc1ccccc1. The Morgan fingerprint density at radius 3 is 2.46 bits per heavy atom. The van der Waals surface area contributed by atoms with Crippen LogP contribution >= 0.6 is 0 Å². The van der Waals surface area contributed by atoms with E-state index < -0.39 is 9.84 Å². The summed E-state index contributed by atoms with van der Waals surface area (Å²) in [5, 5.41) is 6.39. The average molecular weight is 404 g/mol. The molecule has 0 bridgehead atoms. The van der Waals surface area contributed by atoms with Gasteiger partial charge in [-0.3, -0.25) is 4.99 Å². The van der Waals surface area contributed by atoms with Crippen LogP contribution in [0.3, 0.4) is 0 Å². The van der Waals surface area contributed by atoms with Gasteiger partial charge in [0.15, 0.2) is 15.8 Å². The van der Waals surface area contributed by atoms with Crippen LogP contribution in [0, 0.1) is 0 Å². The van der Waals surface area contributed by atoms with E-state index in [-0.39, 0.29) is 11.5 Å². The lowest BCUT2D eigenvalue weighted by atomic mass is 10.2. The topological polar surface area (TPSA) is 79.8 Å². The zero-order chi connectivity index (χ0) is 20.2. The first-order valence-electron chi connectivity index (χ1n) is 9.43. The van der Waals surface area contributed by atoms with Crippen LogP contribution in [0.2, 0.25) is 0 Å². The first kappa shape index (κ1) is 21.8. The van der Waals surface area contributed by atoms with Gasteiger partial charge in [0, 0.05) is 25.7 Å². The van der Waals surface area contributed by atoms with Crippen LogP contribution in [-0.2, 0) is 22.1 Å². The number of para-hydroxylation sites is 1. The Kier molecular flexibility index (Phi) is 8.81. The largest absolute Gasteiger partial charge is 0.494 e. The number of hydrogen-bond acceptors (Lipinski definition) is 4. The maximum Gasteiger partial charge on any atom is 0.191 e. The molecular weight excluding hydrogens is 374 g/mol. The molecular formula is C21H29N3O3S. The van der Waals surface area contributed by atoms with Crippen LogP contribution in [-0.4, -0.2) is 40.3 Å². The quantitative estimate of drug-likeness (QED) is 0.362. The van der Waals surface area contributed by atoms with Crippen LogP contribution in [0.1, 0.15) is 24.5 Å². The van der Waals surface area contributed by atoms with Crippen LogP contribution in [0.25, 0.3) is 0 Å². The lowest BCUT2D eigenvalue weighted by Gasteiger charge is -2.14. The molecule has 2 rings (SSSR count). The van der Waals surface area contributed by atoms with Crippen molar-refractivity contribution in [2.75, 3.05) is 26.0 Å². The predicted molar refractivity (Wildman–Crippen MR) is 114 cm³/mol. The van der Waals surface area contributed by atoms with Crippen molar-refractivity contribution in [3.05, 3.63) is 65.7 Å². The van der Waals surface area contributed by atoms with E-state index in [0.29, 0.717) is 32.1 Å². The van der Waals surface area contributed by atoms with Gasteiger partial charge in [0.1, 0.15) is 5.75 Å². The smallest absolute Gasteiger partial charge is 0.191 e. The minimum atomic E-state index is -3.12. The van der Waals surface area contributed by atoms with Crippen LogP contribution < -0.4 is 15.4 Å². The molecule has 2 N–H and O–H groups in total. The number of hydrogen-bond donors (Lipinski definition) is 2. The van der Waals surface area contributed by atoms with Gasteiger partial charge in [-0.1, -0.05) is 48.5 Å². The monoisotopic (exact) mass is 403 g/mol. The minimum Gasteiger partial charge on any atom is -0.494 e. The molecule has 0 unspecified atom stereocenters. The predicted octanol–water partition coefficient (Wildman–Crippen LogP) is 2.76. The summed E-state index contributed by atoms with van der Waals surface area (Å²) in [6.45, 7) is 3.67. The van der Waals surface area contributed by atoms with Gasteiger partial charge in [-0.25, -0.2) is 8.42 Å². The summed E-state index contributed by atoms with van der Waals surface area (Å²) in [5.74, 6) is 1.69. The van der Waals surface area contributed by atoms with Gasteiger partial charge in [0.25, 0.3) is 0 Å². The average Bonchev–Trinajstić information content (AvgIpc) is 2.69. The third-order valence-corrected chi connectivity index (χ3v) is 5.78. The van der Waals surface area contributed by atoms with Crippen molar-refractivity contribution < 1.29 is 13.2 Å². The van der Waals surface area contributed by atoms with E-state index in [1.165, 1.54) is 0 Å². The molecule has 0 heterocycles. The molecule has 0 spiro atoms. The van der Waals surface area contributed by atoms with E-state index >= 15 is 0 Å². The number of guanidine groups is 1. The maximum atomic E-state index is 12.2. The molecule has 7 heteroatoms. The van der Waals surface area contributed by atoms with E-state index in [2.05, 4.69) is 15.6 Å². The molecule has 0 radical (unpaired) electrons. The van der Waals surface area contributed by atoms with E-state index in [0.717, 1.165) is 16.9 Å². The highest BCUT2D eigenvalue weighted by Gasteiger charge is 2.11. The molecule has 28 heavy (non-hydrogen) atoms. The molecule has 0 saturated carbocycles. The second-order valence-electron chi connectivity index (χ2n) is 6.32. The Morgan fingerprint density at radius 1 is 1.04 bits per heavy atom. The Balaban J connectivity index is 1.75. The van der Waals surface area contributed by atoms with Gasteiger partial charge >= 0.3 is 0 Å². The molecule has 0 amide bonds. The molecule has 0 atom stereocenters. The fourth-order valence-corrected chi connectivity index (χ4v) is 4.17. The number of ether oxygens (including phenoxy) is 1. The molecule has 152 valence electrons. The van der Waals surface area contributed by atoms with Crippen LogP contribution in [0.4, 0.5) is 0 Å². The highest BCUT2D eigenvalue weighted by atomic mass is 32.2. The molecule has 0 aliphatic heterocycles. The number of nitrogens with one attached hydrogen (secondary N) is 2. The second kappa shape index (κ2) is 11.3. The summed E-state index contributed by atoms with van der Waals surface area (Å²) in [5.41, 5.74) is 1.86. The first-order chi connectivity index (χ1) is 13.5. The number of rotatable bonds is 10. The molecule has 0 aromatic heterocycles. The second-order valence-corrected chi connectivity index (χ2v) is 8.51. The van der Waals surface area contributed by atoms with E-state index in [4.69, 9.17) is 4.74 Å². The summed E-state index contributed by atoms with van der Waals surface area (Å²) >= 11 is 0. The normalized spacial score (nSPS) is 11.9. The van der Waals surface area contributed by atoms with Crippen molar-refractivity contribution in [1.29, 1.82) is 0 Å². The van der Waals surface area contributed by atoms with E-state index in [9.17, 15) is 8.42 Å². The summed E-state index contributed by atoms with van der Waals surface area (Å²) in [6.07, 6.45) is 0.519. The van der Waals surface area contributed by atoms with Gasteiger partial charge in [-0.05, 0) is 25.0 Å². The van der Waals surface area contributed by atoms with Crippen LogP contribution in [0.15, 0.2) is 59.6 Å². The Labute approximate surface area is 168 Å². The van der Waals surface area contributed by atoms with Gasteiger partial charge in [-0.15, -0.1) is 0 Å². The van der Waals surface area contributed by atoms with Crippen molar-refractivity contribution in [3.8, 4) is 5.75 Å². The van der Waals surface area contributed by atoms with Crippen molar-refractivity contribution >= 4 is 15.8 Å². The highest BCUT2D eigenvalue weighted by Crippen LogP contribution is 2.17. The Morgan fingerprint density at radius 2 is 1.75 bits per heavy atom. The minimum absolute atomic E-state index is 0.0784. The highest BCUT2D eigenvalue weighted by molar-refractivity contribution is 7.90. The molecule has 0 fully saturated rings. The van der Waals surface area contributed by atoms with Gasteiger partial charge in [0.2, 0.25) is 0 Å². The zero-order valence-corrected chi connectivity index (χ0v) is 17.3. The molecule has 0 saturated heterocycles. The summed E-state index contributed by atoms with van der Waals surface area (Å²) in [7, 11) is -1.43. The summed E-state index contributed by atoms with van der Waals surface area (Å²) in [6, 6.07) is 17.1. The van der Waals surface area contributed by atoms with Gasteiger partial charge in [0.05, 0.1) is 18.1 Å². The Bertz CT molecular complexity index is 852. The molecule has 0 aliphatic rings. The van der Waals surface area contributed by atoms with Crippen molar-refractivity contribution in [2.45, 2.75) is 25.6 Å². The third kappa shape index (κ3) is 7.60. The number of nitrogens with zero attached hydrogens (tertiary/aromatic N) is 1. The zero-order valence-electron chi connectivity index (χ0n) is 16.5. The number of benzene rings is 2. The molecule has 2 aromatic rings. The fourth-order valence-electron chi connectivity index (χ4n) is 2.74. The first-order valence-corrected chi connectivity index (χ1v) is 11.3. The standard InChI is InChI=1S/C21H29N3O3S/c1-3-27-20-13-8-7-12-19(20)16-24-21(22-2)23-14-9-15-28(25,26)17-18-10-5-4-6-11-18/h4-8,10-13H,3,9,14-17H2,1-2H3,(H2,22,23,24). The van der Waals surface area contributed by atoms with Crippen molar-refractivity contribution in [3.63, 3.8) is 0 Å². The summed E-state index contributed by atoms with van der Waals surface area (Å²) < 4.78 is 30.1. The molecule has 2 aromatic carbocycles. The number of aliphatic imine (C=N–C) groups is 1.